The van der Waals surface area contributed by atoms with Crippen molar-refractivity contribution >= 4 is 17.8 Å². The van der Waals surface area contributed by atoms with Gasteiger partial charge in [0, 0.05) is 45.0 Å². The second-order valence-electron chi connectivity index (χ2n) is 11.0. The summed E-state index contributed by atoms with van der Waals surface area (Å²) in [5.74, 6) is 0.646. The molecular formula is C27H40N8O3. The molecule has 2 aliphatic rings. The highest BCUT2D eigenvalue weighted by molar-refractivity contribution is 5.89. The summed E-state index contributed by atoms with van der Waals surface area (Å²) in [4.78, 5) is 47.5. The Labute approximate surface area is 223 Å². The second-order valence-corrected chi connectivity index (χ2v) is 11.0. The number of amides is 3. The molecule has 0 bridgehead atoms. The monoisotopic (exact) mass is 524 g/mol. The number of nitrogens with two attached hydrogens (primary N) is 2. The van der Waals surface area contributed by atoms with Gasteiger partial charge in [0.1, 0.15) is 5.82 Å². The van der Waals surface area contributed by atoms with Gasteiger partial charge in [-0.1, -0.05) is 12.1 Å². The van der Waals surface area contributed by atoms with E-state index in [2.05, 4.69) is 22.1 Å². The molecule has 0 radical (unpaired) electrons. The van der Waals surface area contributed by atoms with Crippen LogP contribution < -0.4 is 22.5 Å². The van der Waals surface area contributed by atoms with Gasteiger partial charge in [-0.15, -0.1) is 0 Å². The van der Waals surface area contributed by atoms with Crippen molar-refractivity contribution in [3.8, 4) is 5.69 Å². The molecule has 3 heterocycles. The van der Waals surface area contributed by atoms with Gasteiger partial charge in [0.25, 0.3) is 0 Å². The molecule has 3 amide bonds. The fraction of sp³-hybridized carbons (Fsp3) is 0.556. The van der Waals surface area contributed by atoms with Crippen molar-refractivity contribution in [3.05, 3.63) is 52.6 Å². The average molecular weight is 525 g/mol. The number of rotatable bonds is 6. The molecule has 11 heteroatoms. The number of hydrogen-bond acceptors (Lipinski definition) is 7. The summed E-state index contributed by atoms with van der Waals surface area (Å²) < 4.78 is 1.45. The van der Waals surface area contributed by atoms with E-state index in [1.165, 1.54) is 10.1 Å². The third kappa shape index (κ3) is 6.77. The lowest BCUT2D eigenvalue weighted by atomic mass is 9.91. The number of aromatic nitrogens is 2. The van der Waals surface area contributed by atoms with Crippen molar-refractivity contribution in [2.75, 3.05) is 44.6 Å². The Bertz CT molecular complexity index is 1170. The molecule has 0 spiro atoms. The van der Waals surface area contributed by atoms with E-state index in [4.69, 9.17) is 11.5 Å². The van der Waals surface area contributed by atoms with Gasteiger partial charge in [-0.2, -0.15) is 4.98 Å². The highest BCUT2D eigenvalue weighted by atomic mass is 16.2. The van der Waals surface area contributed by atoms with E-state index in [0.29, 0.717) is 37.8 Å². The van der Waals surface area contributed by atoms with Crippen molar-refractivity contribution < 1.29 is 9.59 Å². The van der Waals surface area contributed by atoms with Crippen molar-refractivity contribution in [3.63, 3.8) is 0 Å². The van der Waals surface area contributed by atoms with Gasteiger partial charge in [0.2, 0.25) is 5.91 Å². The predicted molar refractivity (Wildman–Crippen MR) is 147 cm³/mol. The number of carbonyl (C=O) groups is 2. The zero-order valence-corrected chi connectivity index (χ0v) is 22.6. The predicted octanol–water partition coefficient (Wildman–Crippen LogP) is 1.21. The summed E-state index contributed by atoms with van der Waals surface area (Å²) in [5, 5.41) is 2.69. The molecule has 5 N–H and O–H groups in total. The number of piperidine rings is 1. The Morgan fingerprint density at radius 1 is 1.03 bits per heavy atom. The number of benzene rings is 1. The van der Waals surface area contributed by atoms with E-state index in [-0.39, 0.29) is 23.8 Å². The second kappa shape index (κ2) is 11.6. The molecular weight excluding hydrogens is 484 g/mol. The summed E-state index contributed by atoms with van der Waals surface area (Å²) >= 11 is 0. The standard InChI is InChI=1S/C27H40N8O3/c1-19(28)21-8-11-32(12-9-21)18-20-4-6-22(7-5-20)35-13-10-23(31-26(35)38)30-25(37)34-16-14-33(15-17-34)24(36)27(2,3)29/h4-7,10,13,19,21H,8-9,11-12,14-18,28-29H2,1-3H3,(H,30,31,37,38)/t19-/m1/s1. The van der Waals surface area contributed by atoms with E-state index in [0.717, 1.165) is 32.5 Å². The fourth-order valence-corrected chi connectivity index (χ4v) is 5.03. The van der Waals surface area contributed by atoms with Gasteiger partial charge in [-0.05, 0) is 76.4 Å². The van der Waals surface area contributed by atoms with Crippen LogP contribution in [-0.4, -0.2) is 87.0 Å². The molecule has 11 nitrogen and oxygen atoms in total. The first kappa shape index (κ1) is 27.7. The van der Waals surface area contributed by atoms with Gasteiger partial charge in [0.15, 0.2) is 0 Å². The SMILES string of the molecule is C[C@@H](N)C1CCN(Cc2ccc(-n3ccc(NC(=O)N4CCN(C(=O)C(C)(C)N)CC4)nc3=O)cc2)CC1. The normalized spacial score (nSPS) is 18.3. The molecule has 0 saturated carbocycles. The van der Waals surface area contributed by atoms with Crippen LogP contribution in [0.2, 0.25) is 0 Å². The van der Waals surface area contributed by atoms with E-state index in [1.54, 1.807) is 35.9 Å². The maximum atomic E-state index is 12.7. The van der Waals surface area contributed by atoms with Crippen molar-refractivity contribution in [2.24, 2.45) is 17.4 Å². The smallest absolute Gasteiger partial charge is 0.338 e. The average Bonchev–Trinajstić information content (AvgIpc) is 2.89. The lowest BCUT2D eigenvalue weighted by molar-refractivity contribution is -0.137. The van der Waals surface area contributed by atoms with Crippen LogP contribution in [0.5, 0.6) is 0 Å². The Morgan fingerprint density at radius 2 is 1.63 bits per heavy atom. The maximum absolute atomic E-state index is 12.7. The topological polar surface area (TPSA) is 143 Å². The van der Waals surface area contributed by atoms with Gasteiger partial charge in [0.05, 0.1) is 11.2 Å². The highest BCUT2D eigenvalue weighted by Crippen LogP contribution is 2.21. The van der Waals surface area contributed by atoms with E-state index in [9.17, 15) is 14.4 Å². The highest BCUT2D eigenvalue weighted by Gasteiger charge is 2.31. The van der Waals surface area contributed by atoms with Crippen molar-refractivity contribution in [2.45, 2.75) is 51.7 Å². The van der Waals surface area contributed by atoms with Gasteiger partial charge >= 0.3 is 11.7 Å². The first-order chi connectivity index (χ1) is 18.0. The van der Waals surface area contributed by atoms with Crippen LogP contribution in [0.3, 0.4) is 0 Å². The molecule has 2 aliphatic heterocycles. The number of carbonyl (C=O) groups excluding carboxylic acids is 2. The molecule has 2 aromatic rings. The molecule has 38 heavy (non-hydrogen) atoms. The fourth-order valence-electron chi connectivity index (χ4n) is 5.03. The molecule has 1 aromatic heterocycles. The molecule has 1 aromatic carbocycles. The number of anilines is 1. The zero-order chi connectivity index (χ0) is 27.4. The lowest BCUT2D eigenvalue weighted by Gasteiger charge is -2.37. The van der Waals surface area contributed by atoms with Crippen LogP contribution in [0, 0.1) is 5.92 Å². The number of likely N-dealkylation sites (tertiary alicyclic amines) is 1. The van der Waals surface area contributed by atoms with E-state index < -0.39 is 11.2 Å². The summed E-state index contributed by atoms with van der Waals surface area (Å²) in [6.07, 6.45) is 3.86. The quantitative estimate of drug-likeness (QED) is 0.515. The summed E-state index contributed by atoms with van der Waals surface area (Å²) in [5.41, 5.74) is 12.4. The molecule has 4 rings (SSSR count). The zero-order valence-electron chi connectivity index (χ0n) is 22.6. The lowest BCUT2D eigenvalue weighted by Crippen LogP contribution is -2.58. The minimum absolute atomic E-state index is 0.141. The summed E-state index contributed by atoms with van der Waals surface area (Å²) in [6, 6.07) is 9.38. The first-order valence-corrected chi connectivity index (χ1v) is 13.3. The molecule has 0 aliphatic carbocycles. The van der Waals surface area contributed by atoms with E-state index >= 15 is 0 Å². The van der Waals surface area contributed by atoms with Crippen molar-refractivity contribution in [1.29, 1.82) is 0 Å². The Kier molecular flexibility index (Phi) is 8.49. The molecule has 2 fully saturated rings. The number of nitrogens with zero attached hydrogens (tertiary/aromatic N) is 5. The number of piperazine rings is 1. The third-order valence-corrected chi connectivity index (χ3v) is 7.44. The van der Waals surface area contributed by atoms with Crippen molar-refractivity contribution in [1.82, 2.24) is 24.3 Å². The minimum atomic E-state index is -0.945. The molecule has 1 atom stereocenters. The van der Waals surface area contributed by atoms with Crippen LogP contribution in [0.4, 0.5) is 10.6 Å². The number of nitrogens with one attached hydrogen (secondary N) is 1. The number of urea groups is 1. The third-order valence-electron chi connectivity index (χ3n) is 7.44. The summed E-state index contributed by atoms with van der Waals surface area (Å²) in [7, 11) is 0. The Morgan fingerprint density at radius 3 is 2.18 bits per heavy atom. The Balaban J connectivity index is 1.30. The van der Waals surface area contributed by atoms with Crippen LogP contribution >= 0.6 is 0 Å². The van der Waals surface area contributed by atoms with Gasteiger partial charge < -0.3 is 21.3 Å². The van der Waals surface area contributed by atoms with Crippen LogP contribution in [0.25, 0.3) is 5.69 Å². The molecule has 0 unspecified atom stereocenters. The first-order valence-electron chi connectivity index (χ1n) is 13.3. The van der Waals surface area contributed by atoms with Crippen LogP contribution in [-0.2, 0) is 11.3 Å². The van der Waals surface area contributed by atoms with Gasteiger partial charge in [-0.25, -0.2) is 9.59 Å². The summed E-state index contributed by atoms with van der Waals surface area (Å²) in [6.45, 7) is 9.96. The van der Waals surface area contributed by atoms with E-state index in [1.807, 2.05) is 24.3 Å². The van der Waals surface area contributed by atoms with Crippen LogP contribution in [0.1, 0.15) is 39.2 Å². The van der Waals surface area contributed by atoms with Gasteiger partial charge in [-0.3, -0.25) is 19.6 Å². The molecule has 2 saturated heterocycles. The largest absolute Gasteiger partial charge is 0.354 e. The number of hydrogen-bond donors (Lipinski definition) is 3. The minimum Gasteiger partial charge on any atom is -0.338 e. The van der Waals surface area contributed by atoms with Crippen LogP contribution in [0.15, 0.2) is 41.3 Å². The Hall–Kier alpha value is -3.28. The molecule has 206 valence electrons. The maximum Gasteiger partial charge on any atom is 0.354 e.